The average molecular weight is 511 g/mol. The summed E-state index contributed by atoms with van der Waals surface area (Å²) in [5, 5.41) is 15.0. The summed E-state index contributed by atoms with van der Waals surface area (Å²) in [5.41, 5.74) is 9.02. The SMILES string of the molecule is N#Cc1cccc(-n2c3ccccc3c3cnccc32)c1-c1cccc(-n2c3ccccc3c3ccccc32)c1. The van der Waals surface area contributed by atoms with Crippen LogP contribution in [0.5, 0.6) is 0 Å². The molecule has 0 saturated carbocycles. The molecule has 0 unspecified atom stereocenters. The molecule has 3 aromatic heterocycles. The molecular weight excluding hydrogens is 488 g/mol. The minimum atomic E-state index is 0.636. The lowest BCUT2D eigenvalue weighted by molar-refractivity contribution is 1.16. The third-order valence-electron chi connectivity index (χ3n) is 7.85. The molecule has 3 heterocycles. The molecule has 0 saturated heterocycles. The molecule has 0 spiro atoms. The first-order chi connectivity index (χ1) is 19.8. The van der Waals surface area contributed by atoms with Gasteiger partial charge in [-0.25, -0.2) is 0 Å². The van der Waals surface area contributed by atoms with Crippen molar-refractivity contribution in [1.29, 1.82) is 5.26 Å². The topological polar surface area (TPSA) is 46.5 Å². The molecule has 5 aromatic carbocycles. The molecule has 0 aliphatic heterocycles. The van der Waals surface area contributed by atoms with E-state index in [2.05, 4.69) is 123 Å². The first-order valence-electron chi connectivity index (χ1n) is 13.3. The largest absolute Gasteiger partial charge is 0.309 e. The van der Waals surface area contributed by atoms with Crippen LogP contribution in [0.2, 0.25) is 0 Å². The zero-order chi connectivity index (χ0) is 26.6. The number of para-hydroxylation sites is 3. The Morgan fingerprint density at radius 2 is 1.15 bits per heavy atom. The molecule has 40 heavy (non-hydrogen) atoms. The number of nitrogens with zero attached hydrogens (tertiary/aromatic N) is 4. The summed E-state index contributed by atoms with van der Waals surface area (Å²) in [6.07, 6.45) is 3.75. The lowest BCUT2D eigenvalue weighted by Gasteiger charge is -2.17. The molecule has 0 bridgehead atoms. The van der Waals surface area contributed by atoms with Crippen molar-refractivity contribution in [2.45, 2.75) is 0 Å². The predicted molar refractivity (Wildman–Crippen MR) is 163 cm³/mol. The highest BCUT2D eigenvalue weighted by atomic mass is 15.0. The standard InChI is InChI=1S/C36H22N4/c37-22-25-10-8-18-35(40-33-17-6-3-14-29(33)30-23-38-20-19-34(30)40)36(25)24-9-7-11-26(21-24)39-31-15-4-1-12-27(31)28-13-2-5-16-32(28)39/h1-21,23H. The van der Waals surface area contributed by atoms with Crippen LogP contribution in [0.1, 0.15) is 5.56 Å². The summed E-state index contributed by atoms with van der Waals surface area (Å²) in [6, 6.07) is 44.5. The van der Waals surface area contributed by atoms with Crippen molar-refractivity contribution in [1.82, 2.24) is 14.1 Å². The Morgan fingerprint density at radius 1 is 0.550 bits per heavy atom. The van der Waals surface area contributed by atoms with Crippen molar-refractivity contribution in [3.63, 3.8) is 0 Å². The Kier molecular flexibility index (Phi) is 4.85. The van der Waals surface area contributed by atoms with Gasteiger partial charge >= 0.3 is 0 Å². The predicted octanol–water partition coefficient (Wildman–Crippen LogP) is 8.81. The molecule has 0 amide bonds. The molecule has 0 N–H and O–H groups in total. The van der Waals surface area contributed by atoms with E-state index in [0.29, 0.717) is 5.56 Å². The Bertz CT molecular complexity index is 2190. The summed E-state index contributed by atoms with van der Waals surface area (Å²) < 4.78 is 4.57. The summed E-state index contributed by atoms with van der Waals surface area (Å²) in [7, 11) is 0. The lowest BCUT2D eigenvalue weighted by Crippen LogP contribution is -2.00. The number of benzene rings is 5. The molecule has 8 aromatic rings. The maximum absolute atomic E-state index is 10.3. The first kappa shape index (κ1) is 22.3. The van der Waals surface area contributed by atoms with Crippen molar-refractivity contribution < 1.29 is 0 Å². The second-order valence-electron chi connectivity index (χ2n) is 9.98. The molecule has 0 atom stereocenters. The fraction of sp³-hybridized carbons (Fsp3) is 0. The van der Waals surface area contributed by atoms with Gasteiger partial charge in [0.25, 0.3) is 0 Å². The molecule has 0 fully saturated rings. The van der Waals surface area contributed by atoms with Crippen LogP contribution in [0.25, 0.3) is 66.1 Å². The maximum Gasteiger partial charge on any atom is 0.0998 e. The highest BCUT2D eigenvalue weighted by Crippen LogP contribution is 2.39. The number of nitriles is 1. The number of hydrogen-bond donors (Lipinski definition) is 0. The van der Waals surface area contributed by atoms with Gasteiger partial charge in [0.1, 0.15) is 0 Å². The summed E-state index contributed by atoms with van der Waals surface area (Å²) in [4.78, 5) is 4.41. The minimum Gasteiger partial charge on any atom is -0.309 e. The van der Waals surface area contributed by atoms with Gasteiger partial charge < -0.3 is 9.13 Å². The zero-order valence-electron chi connectivity index (χ0n) is 21.5. The van der Waals surface area contributed by atoms with Gasteiger partial charge in [-0.15, -0.1) is 0 Å². The highest BCUT2D eigenvalue weighted by Gasteiger charge is 2.19. The monoisotopic (exact) mass is 510 g/mol. The first-order valence-corrected chi connectivity index (χ1v) is 13.3. The second-order valence-corrected chi connectivity index (χ2v) is 9.98. The van der Waals surface area contributed by atoms with E-state index in [4.69, 9.17) is 0 Å². The lowest BCUT2D eigenvalue weighted by atomic mass is 9.97. The number of aromatic nitrogens is 3. The van der Waals surface area contributed by atoms with E-state index in [1.165, 1.54) is 10.8 Å². The fourth-order valence-electron chi connectivity index (χ4n) is 6.20. The van der Waals surface area contributed by atoms with E-state index in [-0.39, 0.29) is 0 Å². The zero-order valence-corrected chi connectivity index (χ0v) is 21.5. The van der Waals surface area contributed by atoms with Gasteiger partial charge in [0.05, 0.1) is 39.4 Å². The van der Waals surface area contributed by atoms with Crippen molar-refractivity contribution >= 4 is 43.6 Å². The van der Waals surface area contributed by atoms with Crippen LogP contribution in [0.3, 0.4) is 0 Å². The van der Waals surface area contributed by atoms with Crippen LogP contribution < -0.4 is 0 Å². The van der Waals surface area contributed by atoms with E-state index in [0.717, 1.165) is 55.3 Å². The molecular formula is C36H22N4. The van der Waals surface area contributed by atoms with Crippen molar-refractivity contribution in [2.75, 3.05) is 0 Å². The normalized spacial score (nSPS) is 11.5. The van der Waals surface area contributed by atoms with Crippen LogP contribution in [0.15, 0.2) is 134 Å². The quantitative estimate of drug-likeness (QED) is 0.238. The Hall–Kier alpha value is -5.66. The molecule has 0 radical (unpaired) electrons. The van der Waals surface area contributed by atoms with Crippen LogP contribution >= 0.6 is 0 Å². The van der Waals surface area contributed by atoms with Crippen molar-refractivity contribution in [2.24, 2.45) is 0 Å². The molecule has 0 aliphatic rings. The summed E-state index contributed by atoms with van der Waals surface area (Å²) in [5.74, 6) is 0. The summed E-state index contributed by atoms with van der Waals surface area (Å²) >= 11 is 0. The van der Waals surface area contributed by atoms with Crippen molar-refractivity contribution in [3.05, 3.63) is 139 Å². The van der Waals surface area contributed by atoms with E-state index >= 15 is 0 Å². The smallest absolute Gasteiger partial charge is 0.0998 e. The van der Waals surface area contributed by atoms with E-state index in [9.17, 15) is 5.26 Å². The minimum absolute atomic E-state index is 0.636. The van der Waals surface area contributed by atoms with Gasteiger partial charge in [0, 0.05) is 45.2 Å². The highest BCUT2D eigenvalue weighted by molar-refractivity contribution is 6.10. The molecule has 8 rings (SSSR count). The second kappa shape index (κ2) is 8.69. The van der Waals surface area contributed by atoms with Gasteiger partial charge in [-0.05, 0) is 54.1 Å². The van der Waals surface area contributed by atoms with E-state index < -0.39 is 0 Å². The van der Waals surface area contributed by atoms with Crippen LogP contribution in [-0.4, -0.2) is 14.1 Å². The molecule has 4 heteroatoms. The Morgan fingerprint density at radius 3 is 1.85 bits per heavy atom. The van der Waals surface area contributed by atoms with E-state index in [1.807, 2.05) is 30.6 Å². The van der Waals surface area contributed by atoms with Gasteiger partial charge in [-0.2, -0.15) is 5.26 Å². The number of fused-ring (bicyclic) bond motifs is 6. The third kappa shape index (κ3) is 3.15. The average Bonchev–Trinajstić information content (AvgIpc) is 3.54. The van der Waals surface area contributed by atoms with Crippen LogP contribution in [0, 0.1) is 11.3 Å². The van der Waals surface area contributed by atoms with Gasteiger partial charge in [0.2, 0.25) is 0 Å². The van der Waals surface area contributed by atoms with Crippen LogP contribution in [-0.2, 0) is 0 Å². The molecule has 186 valence electrons. The fourth-order valence-corrected chi connectivity index (χ4v) is 6.20. The molecule has 4 nitrogen and oxygen atoms in total. The van der Waals surface area contributed by atoms with Gasteiger partial charge in [0.15, 0.2) is 0 Å². The third-order valence-corrected chi connectivity index (χ3v) is 7.85. The number of pyridine rings is 1. The van der Waals surface area contributed by atoms with Gasteiger partial charge in [-0.1, -0.05) is 72.8 Å². The number of rotatable bonds is 3. The van der Waals surface area contributed by atoms with E-state index in [1.54, 1.807) is 0 Å². The molecule has 0 aliphatic carbocycles. The summed E-state index contributed by atoms with van der Waals surface area (Å²) in [6.45, 7) is 0. The van der Waals surface area contributed by atoms with Crippen LogP contribution in [0.4, 0.5) is 0 Å². The van der Waals surface area contributed by atoms with Gasteiger partial charge in [-0.3, -0.25) is 4.98 Å². The van der Waals surface area contributed by atoms with Crippen molar-refractivity contribution in [3.8, 4) is 28.6 Å². The Labute approximate surface area is 230 Å². The number of hydrogen-bond acceptors (Lipinski definition) is 2. The maximum atomic E-state index is 10.3. The Balaban J connectivity index is 1.43.